The number of nitrogens with zero attached hydrogens (tertiary/aromatic N) is 2. The third-order valence-electron chi connectivity index (χ3n) is 4.43. The SMILES string of the molecule is NS(=O)(=O)c1cccc(NC(=O)c2nc3ccccc3nc2Oc2ccc(OCCl)cc2)c1. The van der Waals surface area contributed by atoms with Crippen LogP contribution in [0.4, 0.5) is 5.69 Å². The quantitative estimate of drug-likeness (QED) is 0.380. The average Bonchev–Trinajstić information content (AvgIpc) is 2.79. The van der Waals surface area contributed by atoms with Gasteiger partial charge in [-0.05, 0) is 54.6 Å². The summed E-state index contributed by atoms with van der Waals surface area (Å²) in [5, 5.41) is 7.78. The van der Waals surface area contributed by atoms with Crippen molar-refractivity contribution in [2.24, 2.45) is 5.14 Å². The van der Waals surface area contributed by atoms with Crippen LogP contribution in [0.2, 0.25) is 0 Å². The van der Waals surface area contributed by atoms with Crippen molar-refractivity contribution < 1.29 is 22.7 Å². The van der Waals surface area contributed by atoms with Crippen molar-refractivity contribution in [2.45, 2.75) is 4.90 Å². The number of halogens is 1. The van der Waals surface area contributed by atoms with E-state index < -0.39 is 15.9 Å². The number of hydrogen-bond acceptors (Lipinski definition) is 7. The number of carbonyl (C=O) groups excluding carboxylic acids is 1. The number of anilines is 1. The fourth-order valence-corrected chi connectivity index (χ4v) is 3.61. The Morgan fingerprint density at radius 3 is 2.27 bits per heavy atom. The summed E-state index contributed by atoms with van der Waals surface area (Å²) < 4.78 is 34.3. The van der Waals surface area contributed by atoms with Crippen molar-refractivity contribution in [1.82, 2.24) is 9.97 Å². The molecular weight excluding hydrogens is 468 g/mol. The number of para-hydroxylation sites is 2. The Kier molecular flexibility index (Phi) is 6.40. The van der Waals surface area contributed by atoms with E-state index in [0.29, 0.717) is 22.5 Å². The predicted octanol–water partition coefficient (Wildman–Crippen LogP) is 3.90. The van der Waals surface area contributed by atoms with Crippen LogP contribution in [0.1, 0.15) is 10.5 Å². The molecule has 0 aliphatic heterocycles. The van der Waals surface area contributed by atoms with Crippen LogP contribution in [0.3, 0.4) is 0 Å². The maximum absolute atomic E-state index is 13.1. The van der Waals surface area contributed by atoms with Gasteiger partial charge in [-0.2, -0.15) is 0 Å². The van der Waals surface area contributed by atoms with Gasteiger partial charge >= 0.3 is 0 Å². The van der Waals surface area contributed by atoms with Gasteiger partial charge in [0.1, 0.15) is 11.5 Å². The Morgan fingerprint density at radius 2 is 1.61 bits per heavy atom. The molecule has 0 fully saturated rings. The molecule has 0 radical (unpaired) electrons. The number of sulfonamides is 1. The minimum atomic E-state index is -3.93. The summed E-state index contributed by atoms with van der Waals surface area (Å²) in [5.74, 6) is 0.276. The molecule has 9 nitrogen and oxygen atoms in total. The van der Waals surface area contributed by atoms with Crippen molar-refractivity contribution in [1.29, 1.82) is 0 Å². The number of primary sulfonamides is 1. The lowest BCUT2D eigenvalue weighted by Crippen LogP contribution is -2.17. The van der Waals surface area contributed by atoms with Gasteiger partial charge in [-0.3, -0.25) is 4.79 Å². The largest absolute Gasteiger partial charge is 0.478 e. The summed E-state index contributed by atoms with van der Waals surface area (Å²) in [7, 11) is -3.93. The molecule has 0 saturated heterocycles. The van der Waals surface area contributed by atoms with Crippen LogP contribution in [0.25, 0.3) is 11.0 Å². The number of carbonyl (C=O) groups is 1. The maximum Gasteiger partial charge on any atom is 0.279 e. The van der Waals surface area contributed by atoms with Crippen LogP contribution in [-0.2, 0) is 10.0 Å². The van der Waals surface area contributed by atoms with E-state index in [2.05, 4.69) is 15.3 Å². The summed E-state index contributed by atoms with van der Waals surface area (Å²) in [6.45, 7) is 0. The molecule has 0 atom stereocenters. The molecule has 0 saturated carbocycles. The van der Waals surface area contributed by atoms with E-state index in [1.54, 1.807) is 48.5 Å². The highest BCUT2D eigenvalue weighted by atomic mass is 35.5. The molecular formula is C22H17ClN4O5S. The smallest absolute Gasteiger partial charge is 0.279 e. The molecule has 0 bridgehead atoms. The molecule has 168 valence electrons. The summed E-state index contributed by atoms with van der Waals surface area (Å²) in [5.41, 5.74) is 1.15. The number of benzene rings is 3. The molecule has 0 aliphatic carbocycles. The monoisotopic (exact) mass is 484 g/mol. The molecule has 3 N–H and O–H groups in total. The van der Waals surface area contributed by atoms with Crippen molar-refractivity contribution in [3.63, 3.8) is 0 Å². The summed E-state index contributed by atoms with van der Waals surface area (Å²) in [6, 6.07) is 19.2. The second kappa shape index (κ2) is 9.41. The zero-order chi connectivity index (χ0) is 23.4. The van der Waals surface area contributed by atoms with E-state index in [4.69, 9.17) is 26.2 Å². The van der Waals surface area contributed by atoms with Gasteiger partial charge in [-0.15, -0.1) is 0 Å². The van der Waals surface area contributed by atoms with E-state index in [0.717, 1.165) is 0 Å². The van der Waals surface area contributed by atoms with E-state index in [-0.39, 0.29) is 28.2 Å². The molecule has 3 aromatic carbocycles. The Morgan fingerprint density at radius 1 is 0.939 bits per heavy atom. The van der Waals surface area contributed by atoms with Crippen LogP contribution in [-0.4, -0.2) is 30.4 Å². The molecule has 0 spiro atoms. The summed E-state index contributed by atoms with van der Waals surface area (Å²) in [6.07, 6.45) is 0. The Hall–Kier alpha value is -3.73. The van der Waals surface area contributed by atoms with Crippen LogP contribution >= 0.6 is 11.6 Å². The molecule has 33 heavy (non-hydrogen) atoms. The topological polar surface area (TPSA) is 134 Å². The average molecular weight is 485 g/mol. The fourth-order valence-electron chi connectivity index (χ4n) is 2.92. The lowest BCUT2D eigenvalue weighted by molar-refractivity contribution is 0.101. The normalized spacial score (nSPS) is 11.2. The molecule has 11 heteroatoms. The number of alkyl halides is 1. The number of amides is 1. The lowest BCUT2D eigenvalue weighted by Gasteiger charge is -2.12. The molecule has 0 unspecified atom stereocenters. The van der Waals surface area contributed by atoms with Gasteiger partial charge in [-0.1, -0.05) is 29.8 Å². The van der Waals surface area contributed by atoms with Crippen LogP contribution in [0, 0.1) is 0 Å². The van der Waals surface area contributed by atoms with Gasteiger partial charge in [0.05, 0.1) is 15.9 Å². The van der Waals surface area contributed by atoms with Crippen molar-refractivity contribution in [3.05, 3.63) is 78.5 Å². The number of aromatic nitrogens is 2. The zero-order valence-electron chi connectivity index (χ0n) is 16.9. The minimum Gasteiger partial charge on any atom is -0.478 e. The van der Waals surface area contributed by atoms with Gasteiger partial charge in [0, 0.05) is 5.69 Å². The highest BCUT2D eigenvalue weighted by Crippen LogP contribution is 2.27. The highest BCUT2D eigenvalue weighted by molar-refractivity contribution is 7.89. The molecule has 4 aromatic rings. The van der Waals surface area contributed by atoms with Gasteiger partial charge in [-0.25, -0.2) is 23.5 Å². The van der Waals surface area contributed by atoms with Crippen LogP contribution in [0.15, 0.2) is 77.7 Å². The molecule has 1 heterocycles. The van der Waals surface area contributed by atoms with Crippen molar-refractivity contribution in [3.8, 4) is 17.4 Å². The van der Waals surface area contributed by atoms with Crippen molar-refractivity contribution >= 4 is 44.3 Å². The third kappa shape index (κ3) is 5.37. The number of nitrogens with two attached hydrogens (primary N) is 1. The van der Waals surface area contributed by atoms with Gasteiger partial charge in [0.2, 0.25) is 10.0 Å². The summed E-state index contributed by atoms with van der Waals surface area (Å²) in [4.78, 5) is 21.8. The highest BCUT2D eigenvalue weighted by Gasteiger charge is 2.20. The molecule has 1 aromatic heterocycles. The first kappa shape index (κ1) is 22.5. The van der Waals surface area contributed by atoms with Crippen molar-refractivity contribution in [2.75, 3.05) is 11.4 Å². The Balaban J connectivity index is 1.69. The van der Waals surface area contributed by atoms with Gasteiger partial charge in [0.25, 0.3) is 11.8 Å². The number of hydrogen-bond donors (Lipinski definition) is 2. The Bertz CT molecular complexity index is 1430. The van der Waals surface area contributed by atoms with Crippen LogP contribution < -0.4 is 19.9 Å². The number of fused-ring (bicyclic) bond motifs is 1. The van der Waals surface area contributed by atoms with E-state index in [9.17, 15) is 13.2 Å². The van der Waals surface area contributed by atoms with E-state index in [1.807, 2.05) is 0 Å². The summed E-state index contributed by atoms with van der Waals surface area (Å²) >= 11 is 5.56. The lowest BCUT2D eigenvalue weighted by atomic mass is 10.2. The molecule has 0 aliphatic rings. The first-order valence-corrected chi connectivity index (χ1v) is 11.6. The van der Waals surface area contributed by atoms with Gasteiger partial charge in [0.15, 0.2) is 11.8 Å². The maximum atomic E-state index is 13.1. The second-order valence-electron chi connectivity index (χ2n) is 6.72. The minimum absolute atomic E-state index is 0.00727. The first-order valence-electron chi connectivity index (χ1n) is 9.51. The Labute approximate surface area is 194 Å². The first-order chi connectivity index (χ1) is 15.8. The van der Waals surface area contributed by atoms with Crippen LogP contribution in [0.5, 0.6) is 17.4 Å². The second-order valence-corrected chi connectivity index (χ2v) is 8.50. The fraction of sp³-hybridized carbons (Fsp3) is 0.0455. The van der Waals surface area contributed by atoms with Gasteiger partial charge < -0.3 is 14.8 Å². The van der Waals surface area contributed by atoms with E-state index >= 15 is 0 Å². The number of nitrogens with one attached hydrogen (secondary N) is 1. The molecule has 1 amide bonds. The molecule has 4 rings (SSSR count). The van der Waals surface area contributed by atoms with E-state index in [1.165, 1.54) is 24.3 Å². The standard InChI is InChI=1S/C22H17ClN4O5S/c23-13-31-15-8-10-16(11-9-15)32-22-20(26-18-6-1-2-7-19(18)27-22)21(28)25-14-4-3-5-17(12-14)33(24,29)30/h1-12H,13H2,(H,25,28)(H2,24,29,30). The number of ether oxygens (including phenoxy) is 2. The predicted molar refractivity (Wildman–Crippen MR) is 123 cm³/mol. The number of rotatable bonds is 7. The third-order valence-corrected chi connectivity index (χ3v) is 5.45. The zero-order valence-corrected chi connectivity index (χ0v) is 18.5.